The molecular formula is C30H40N4O7. The van der Waals surface area contributed by atoms with Crippen LogP contribution in [0.25, 0.3) is 0 Å². The molecule has 4 rings (SSSR count). The van der Waals surface area contributed by atoms with E-state index >= 15 is 0 Å². The number of carbonyl (C=O) groups is 3. The molecular weight excluding hydrogens is 528 g/mol. The highest BCUT2D eigenvalue weighted by molar-refractivity contribution is 6.02. The highest BCUT2D eigenvalue weighted by Gasteiger charge is 2.35. The fourth-order valence-electron chi connectivity index (χ4n) is 5.00. The number of benzene rings is 2. The second-order valence-corrected chi connectivity index (χ2v) is 10.7. The zero-order valence-electron chi connectivity index (χ0n) is 24.1. The van der Waals surface area contributed by atoms with Crippen LogP contribution >= 0.6 is 0 Å². The number of amides is 4. The van der Waals surface area contributed by atoms with E-state index in [1.54, 1.807) is 68.4 Å². The Morgan fingerprint density at radius 1 is 1.15 bits per heavy atom. The number of aliphatic hydroxyl groups excluding tert-OH is 1. The zero-order valence-corrected chi connectivity index (χ0v) is 24.1. The van der Waals surface area contributed by atoms with Crippen LogP contribution in [0.1, 0.15) is 37.0 Å². The van der Waals surface area contributed by atoms with Crippen molar-refractivity contribution in [1.82, 2.24) is 9.80 Å². The molecule has 2 aliphatic heterocycles. The van der Waals surface area contributed by atoms with Gasteiger partial charge in [-0.05, 0) is 56.2 Å². The molecule has 2 aromatic carbocycles. The van der Waals surface area contributed by atoms with Crippen molar-refractivity contribution in [2.24, 2.45) is 11.8 Å². The Balaban J connectivity index is 1.60. The van der Waals surface area contributed by atoms with Gasteiger partial charge in [0, 0.05) is 44.3 Å². The maximum atomic E-state index is 13.7. The van der Waals surface area contributed by atoms with E-state index in [0.717, 1.165) is 0 Å². The van der Waals surface area contributed by atoms with Gasteiger partial charge in [0.1, 0.15) is 11.9 Å². The number of fused-ring (bicyclic) bond motifs is 1. The first-order valence-electron chi connectivity index (χ1n) is 14.0. The van der Waals surface area contributed by atoms with Gasteiger partial charge < -0.3 is 39.8 Å². The van der Waals surface area contributed by atoms with Crippen LogP contribution in [0.2, 0.25) is 0 Å². The van der Waals surface area contributed by atoms with E-state index in [2.05, 4.69) is 10.6 Å². The summed E-state index contributed by atoms with van der Waals surface area (Å²) in [6.45, 7) is 5.10. The molecule has 3 N–H and O–H groups in total. The summed E-state index contributed by atoms with van der Waals surface area (Å²) in [5.74, 6) is 0.0886. The van der Waals surface area contributed by atoms with E-state index in [9.17, 15) is 19.5 Å². The van der Waals surface area contributed by atoms with E-state index in [0.29, 0.717) is 49.7 Å². The van der Waals surface area contributed by atoms with Gasteiger partial charge in [0.15, 0.2) is 5.75 Å². The van der Waals surface area contributed by atoms with Crippen molar-refractivity contribution in [3.05, 3.63) is 48.0 Å². The maximum Gasteiger partial charge on any atom is 0.321 e. The SMILES string of the molecule is COc1ccc(NC(=O)N(C)C[C@H]2Oc3c(NC(=O)C4CCOCC4)cccc3C(=O)N([C@@H](C)CO)C[C@@H]2C)cc1. The van der Waals surface area contributed by atoms with Gasteiger partial charge in [-0.25, -0.2) is 4.79 Å². The summed E-state index contributed by atoms with van der Waals surface area (Å²) >= 11 is 0. The van der Waals surface area contributed by atoms with Crippen molar-refractivity contribution < 1.29 is 33.7 Å². The van der Waals surface area contributed by atoms with Crippen molar-refractivity contribution in [3.8, 4) is 11.5 Å². The molecule has 0 spiro atoms. The van der Waals surface area contributed by atoms with Gasteiger partial charge in [0.2, 0.25) is 5.91 Å². The zero-order chi connectivity index (χ0) is 29.5. The number of para-hydroxylation sites is 1. The summed E-state index contributed by atoms with van der Waals surface area (Å²) in [5.41, 5.74) is 1.30. The molecule has 2 aromatic rings. The van der Waals surface area contributed by atoms with Crippen LogP contribution < -0.4 is 20.1 Å². The van der Waals surface area contributed by atoms with Crippen molar-refractivity contribution in [2.45, 2.75) is 38.8 Å². The third-order valence-corrected chi connectivity index (χ3v) is 7.68. The van der Waals surface area contributed by atoms with Gasteiger partial charge in [-0.15, -0.1) is 0 Å². The molecule has 0 radical (unpaired) electrons. The fourth-order valence-corrected chi connectivity index (χ4v) is 5.00. The summed E-state index contributed by atoms with van der Waals surface area (Å²) in [4.78, 5) is 43.0. The molecule has 0 aliphatic carbocycles. The minimum absolute atomic E-state index is 0.152. The molecule has 3 atom stereocenters. The average Bonchev–Trinajstić information content (AvgIpc) is 2.99. The molecule has 222 valence electrons. The van der Waals surface area contributed by atoms with E-state index in [-0.39, 0.29) is 54.1 Å². The summed E-state index contributed by atoms with van der Waals surface area (Å²) in [7, 11) is 3.25. The van der Waals surface area contributed by atoms with E-state index in [1.165, 1.54) is 4.90 Å². The van der Waals surface area contributed by atoms with Gasteiger partial charge in [-0.2, -0.15) is 0 Å². The van der Waals surface area contributed by atoms with Crippen LogP contribution in [-0.2, 0) is 9.53 Å². The van der Waals surface area contributed by atoms with Crippen molar-refractivity contribution in [1.29, 1.82) is 0 Å². The normalized spacial score (nSPS) is 20.1. The van der Waals surface area contributed by atoms with Crippen molar-refractivity contribution >= 4 is 29.2 Å². The summed E-state index contributed by atoms with van der Waals surface area (Å²) in [6, 6.07) is 11.3. The maximum absolute atomic E-state index is 13.7. The lowest BCUT2D eigenvalue weighted by Gasteiger charge is -2.38. The number of anilines is 2. The minimum Gasteiger partial charge on any atom is -0.497 e. The summed E-state index contributed by atoms with van der Waals surface area (Å²) < 4.78 is 17.1. The lowest BCUT2D eigenvalue weighted by Crippen LogP contribution is -2.50. The second-order valence-electron chi connectivity index (χ2n) is 10.7. The first-order chi connectivity index (χ1) is 19.7. The van der Waals surface area contributed by atoms with Gasteiger partial charge in [0.25, 0.3) is 5.91 Å². The quantitative estimate of drug-likeness (QED) is 0.445. The first kappa shape index (κ1) is 30.1. The molecule has 11 nitrogen and oxygen atoms in total. The Hall–Kier alpha value is -3.83. The third kappa shape index (κ3) is 7.28. The van der Waals surface area contributed by atoms with Crippen LogP contribution in [0.3, 0.4) is 0 Å². The number of hydrogen-bond donors (Lipinski definition) is 3. The van der Waals surface area contributed by atoms with Gasteiger partial charge >= 0.3 is 6.03 Å². The third-order valence-electron chi connectivity index (χ3n) is 7.68. The van der Waals surface area contributed by atoms with Crippen LogP contribution in [-0.4, -0.2) is 92.0 Å². The Kier molecular flexibility index (Phi) is 10.1. The number of nitrogens with one attached hydrogen (secondary N) is 2. The van der Waals surface area contributed by atoms with Crippen molar-refractivity contribution in [3.63, 3.8) is 0 Å². The Morgan fingerprint density at radius 2 is 1.85 bits per heavy atom. The number of ether oxygens (including phenoxy) is 3. The largest absolute Gasteiger partial charge is 0.497 e. The summed E-state index contributed by atoms with van der Waals surface area (Å²) in [6.07, 6.45) is 0.717. The fraction of sp³-hybridized carbons (Fsp3) is 0.500. The number of methoxy groups -OCH3 is 1. The highest BCUT2D eigenvalue weighted by atomic mass is 16.5. The molecule has 1 saturated heterocycles. The molecule has 11 heteroatoms. The van der Waals surface area contributed by atoms with Crippen LogP contribution in [0.5, 0.6) is 11.5 Å². The molecule has 4 amide bonds. The molecule has 0 aromatic heterocycles. The number of urea groups is 1. The Bertz CT molecular complexity index is 1220. The Morgan fingerprint density at radius 3 is 2.51 bits per heavy atom. The molecule has 0 saturated carbocycles. The monoisotopic (exact) mass is 568 g/mol. The number of likely N-dealkylation sites (N-methyl/N-ethyl adjacent to an activating group) is 1. The smallest absolute Gasteiger partial charge is 0.321 e. The predicted molar refractivity (Wildman–Crippen MR) is 154 cm³/mol. The molecule has 2 aliphatic rings. The van der Waals surface area contributed by atoms with Gasteiger partial charge in [-0.3, -0.25) is 9.59 Å². The van der Waals surface area contributed by atoms with Gasteiger partial charge in [-0.1, -0.05) is 13.0 Å². The molecule has 0 bridgehead atoms. The predicted octanol–water partition coefficient (Wildman–Crippen LogP) is 3.44. The van der Waals surface area contributed by atoms with Crippen LogP contribution in [0.15, 0.2) is 42.5 Å². The Labute approximate surface area is 240 Å². The number of aliphatic hydroxyl groups is 1. The van der Waals surface area contributed by atoms with Crippen LogP contribution in [0, 0.1) is 11.8 Å². The van der Waals surface area contributed by atoms with E-state index in [1.807, 2.05) is 6.92 Å². The summed E-state index contributed by atoms with van der Waals surface area (Å²) in [5, 5.41) is 15.8. The second kappa shape index (κ2) is 13.7. The number of carbonyl (C=O) groups excluding carboxylic acids is 3. The molecule has 2 heterocycles. The minimum atomic E-state index is -0.525. The molecule has 41 heavy (non-hydrogen) atoms. The molecule has 1 fully saturated rings. The number of hydrogen-bond acceptors (Lipinski definition) is 7. The highest BCUT2D eigenvalue weighted by Crippen LogP contribution is 2.35. The number of rotatable bonds is 8. The first-order valence-corrected chi connectivity index (χ1v) is 14.0. The molecule has 0 unspecified atom stereocenters. The van der Waals surface area contributed by atoms with E-state index < -0.39 is 12.1 Å². The van der Waals surface area contributed by atoms with Crippen molar-refractivity contribution in [2.75, 3.05) is 57.7 Å². The standard InChI is InChI=1S/C30H40N4O7/c1-19-16-34(20(2)18-35)29(37)24-6-5-7-25(32-28(36)21-12-14-40-15-13-21)27(24)41-26(19)17-33(3)30(38)31-22-8-10-23(39-4)11-9-22/h5-11,19-21,26,35H,12-18H2,1-4H3,(H,31,38)(H,32,36)/t19-,20-,26+/m0/s1. The van der Waals surface area contributed by atoms with Crippen LogP contribution in [0.4, 0.5) is 16.2 Å². The topological polar surface area (TPSA) is 130 Å². The lowest BCUT2D eigenvalue weighted by molar-refractivity contribution is -0.122. The average molecular weight is 569 g/mol. The van der Waals surface area contributed by atoms with Gasteiger partial charge in [0.05, 0.1) is 37.6 Å². The van der Waals surface area contributed by atoms with E-state index in [4.69, 9.17) is 14.2 Å². The number of nitrogens with zero attached hydrogens (tertiary/aromatic N) is 2. The lowest BCUT2D eigenvalue weighted by atomic mass is 9.98.